The Morgan fingerprint density at radius 1 is 1.35 bits per heavy atom. The first-order valence-corrected chi connectivity index (χ1v) is 7.04. The molecule has 94 valence electrons. The topological polar surface area (TPSA) is 27.7 Å². The predicted octanol–water partition coefficient (Wildman–Crippen LogP) is 3.61. The summed E-state index contributed by atoms with van der Waals surface area (Å²) in [5, 5.41) is 0.978. The Balaban J connectivity index is 1.90. The third kappa shape index (κ3) is 3.28. The van der Waals surface area contributed by atoms with Crippen LogP contribution in [0.2, 0.25) is 0 Å². The molecule has 17 heavy (non-hydrogen) atoms. The molecule has 0 spiro atoms. The standard InChI is InChI=1S/C13H17BrO3/c1-2-3-10(7-14)8-15-11-4-5-12-13(6-11)17-9-16-12/h4-6,10H,2-3,7-9H2,1H3. The van der Waals surface area contributed by atoms with Crippen LogP contribution in [-0.2, 0) is 0 Å². The molecular formula is C13H17BrO3. The van der Waals surface area contributed by atoms with Gasteiger partial charge in [0.15, 0.2) is 11.5 Å². The van der Waals surface area contributed by atoms with Gasteiger partial charge in [-0.25, -0.2) is 0 Å². The van der Waals surface area contributed by atoms with Gasteiger partial charge < -0.3 is 14.2 Å². The quantitative estimate of drug-likeness (QED) is 0.751. The monoisotopic (exact) mass is 300 g/mol. The van der Waals surface area contributed by atoms with Crippen LogP contribution in [-0.4, -0.2) is 18.7 Å². The Bertz CT molecular complexity index is 368. The molecule has 2 rings (SSSR count). The fourth-order valence-electron chi connectivity index (χ4n) is 1.79. The smallest absolute Gasteiger partial charge is 0.231 e. The van der Waals surface area contributed by atoms with Gasteiger partial charge in [0.25, 0.3) is 0 Å². The second kappa shape index (κ2) is 6.15. The van der Waals surface area contributed by atoms with E-state index in [-0.39, 0.29) is 0 Å². The third-order valence-electron chi connectivity index (χ3n) is 2.74. The summed E-state index contributed by atoms with van der Waals surface area (Å²) in [6, 6.07) is 5.70. The van der Waals surface area contributed by atoms with Crippen molar-refractivity contribution in [2.45, 2.75) is 19.8 Å². The molecule has 1 atom stereocenters. The SMILES string of the molecule is CCCC(CBr)COc1ccc2c(c1)OCO2. The molecule has 0 radical (unpaired) electrons. The van der Waals surface area contributed by atoms with Crippen LogP contribution in [0.15, 0.2) is 18.2 Å². The van der Waals surface area contributed by atoms with E-state index in [1.54, 1.807) is 0 Å². The van der Waals surface area contributed by atoms with Crippen molar-refractivity contribution in [2.24, 2.45) is 5.92 Å². The zero-order valence-corrected chi connectivity index (χ0v) is 11.5. The molecule has 1 heterocycles. The van der Waals surface area contributed by atoms with Gasteiger partial charge in [-0.1, -0.05) is 29.3 Å². The maximum atomic E-state index is 5.77. The minimum Gasteiger partial charge on any atom is -0.493 e. The summed E-state index contributed by atoms with van der Waals surface area (Å²) in [5.41, 5.74) is 0. The second-order valence-electron chi connectivity index (χ2n) is 4.14. The highest BCUT2D eigenvalue weighted by Crippen LogP contribution is 2.35. The van der Waals surface area contributed by atoms with Crippen LogP contribution in [0, 0.1) is 5.92 Å². The molecule has 0 amide bonds. The summed E-state index contributed by atoms with van der Waals surface area (Å²) in [7, 11) is 0. The van der Waals surface area contributed by atoms with Crippen LogP contribution in [0.4, 0.5) is 0 Å². The third-order valence-corrected chi connectivity index (χ3v) is 3.66. The van der Waals surface area contributed by atoms with E-state index < -0.39 is 0 Å². The molecule has 0 aliphatic carbocycles. The molecular weight excluding hydrogens is 284 g/mol. The van der Waals surface area contributed by atoms with Crippen molar-refractivity contribution in [1.29, 1.82) is 0 Å². The Morgan fingerprint density at radius 2 is 2.18 bits per heavy atom. The van der Waals surface area contributed by atoms with Gasteiger partial charge in [-0.05, 0) is 18.6 Å². The van der Waals surface area contributed by atoms with Crippen LogP contribution in [0.25, 0.3) is 0 Å². The van der Waals surface area contributed by atoms with Crippen LogP contribution in [0.5, 0.6) is 17.2 Å². The zero-order valence-electron chi connectivity index (χ0n) is 9.95. The fourth-order valence-corrected chi connectivity index (χ4v) is 2.30. The second-order valence-corrected chi connectivity index (χ2v) is 4.78. The number of alkyl halides is 1. The lowest BCUT2D eigenvalue weighted by molar-refractivity contribution is 0.173. The maximum absolute atomic E-state index is 5.77. The van der Waals surface area contributed by atoms with Gasteiger partial charge in [0, 0.05) is 17.3 Å². The van der Waals surface area contributed by atoms with Crippen molar-refractivity contribution < 1.29 is 14.2 Å². The van der Waals surface area contributed by atoms with Gasteiger partial charge in [0.05, 0.1) is 6.61 Å². The van der Waals surface area contributed by atoms with Gasteiger partial charge in [-0.3, -0.25) is 0 Å². The maximum Gasteiger partial charge on any atom is 0.231 e. The molecule has 1 aromatic carbocycles. The van der Waals surface area contributed by atoms with E-state index in [2.05, 4.69) is 22.9 Å². The first-order valence-electron chi connectivity index (χ1n) is 5.92. The predicted molar refractivity (Wildman–Crippen MR) is 70.3 cm³/mol. The number of hydrogen-bond acceptors (Lipinski definition) is 3. The molecule has 1 aliphatic rings. The highest BCUT2D eigenvalue weighted by Gasteiger charge is 2.14. The van der Waals surface area contributed by atoms with E-state index in [0.717, 1.165) is 29.2 Å². The minimum absolute atomic E-state index is 0.304. The molecule has 3 nitrogen and oxygen atoms in total. The molecule has 1 aliphatic heterocycles. The van der Waals surface area contributed by atoms with Crippen LogP contribution in [0.3, 0.4) is 0 Å². The summed E-state index contributed by atoms with van der Waals surface area (Å²) in [4.78, 5) is 0. The number of hydrogen-bond donors (Lipinski definition) is 0. The molecule has 1 unspecified atom stereocenters. The van der Waals surface area contributed by atoms with Crippen molar-refractivity contribution in [1.82, 2.24) is 0 Å². The molecule has 0 bridgehead atoms. The van der Waals surface area contributed by atoms with Gasteiger partial charge in [-0.15, -0.1) is 0 Å². The lowest BCUT2D eigenvalue weighted by Crippen LogP contribution is -2.13. The van der Waals surface area contributed by atoms with Crippen LogP contribution < -0.4 is 14.2 Å². The van der Waals surface area contributed by atoms with E-state index in [0.29, 0.717) is 12.7 Å². The average Bonchev–Trinajstić information content (AvgIpc) is 2.81. The van der Waals surface area contributed by atoms with Gasteiger partial charge in [0.1, 0.15) is 5.75 Å². The summed E-state index contributed by atoms with van der Waals surface area (Å²) in [5.74, 6) is 2.97. The molecule has 4 heteroatoms. The van der Waals surface area contributed by atoms with Crippen molar-refractivity contribution in [3.63, 3.8) is 0 Å². The highest BCUT2D eigenvalue weighted by atomic mass is 79.9. The molecule has 0 N–H and O–H groups in total. The molecule has 0 saturated heterocycles. The zero-order chi connectivity index (χ0) is 12.1. The number of ether oxygens (including phenoxy) is 3. The Hall–Kier alpha value is -0.900. The van der Waals surface area contributed by atoms with Crippen LogP contribution >= 0.6 is 15.9 Å². The van der Waals surface area contributed by atoms with E-state index in [9.17, 15) is 0 Å². The highest BCUT2D eigenvalue weighted by molar-refractivity contribution is 9.09. The summed E-state index contributed by atoms with van der Waals surface area (Å²) < 4.78 is 16.3. The Kier molecular flexibility index (Phi) is 4.54. The molecule has 0 fully saturated rings. The summed E-state index contributed by atoms with van der Waals surface area (Å²) >= 11 is 3.52. The lowest BCUT2D eigenvalue weighted by Gasteiger charge is -2.14. The number of rotatable bonds is 6. The van der Waals surface area contributed by atoms with Crippen molar-refractivity contribution >= 4 is 15.9 Å². The summed E-state index contributed by atoms with van der Waals surface area (Å²) in [6.45, 7) is 3.23. The van der Waals surface area contributed by atoms with Crippen molar-refractivity contribution in [3.05, 3.63) is 18.2 Å². The lowest BCUT2D eigenvalue weighted by atomic mass is 10.1. The van der Waals surface area contributed by atoms with Crippen molar-refractivity contribution in [2.75, 3.05) is 18.7 Å². The molecule has 0 saturated carbocycles. The first kappa shape index (κ1) is 12.6. The van der Waals surface area contributed by atoms with Crippen LogP contribution in [0.1, 0.15) is 19.8 Å². The Morgan fingerprint density at radius 3 is 2.94 bits per heavy atom. The van der Waals surface area contributed by atoms with E-state index in [1.807, 2.05) is 18.2 Å². The largest absolute Gasteiger partial charge is 0.493 e. The van der Waals surface area contributed by atoms with E-state index in [4.69, 9.17) is 14.2 Å². The average molecular weight is 301 g/mol. The Labute approximate surface area is 110 Å². The van der Waals surface area contributed by atoms with Gasteiger partial charge in [0.2, 0.25) is 6.79 Å². The fraction of sp³-hybridized carbons (Fsp3) is 0.538. The number of fused-ring (bicyclic) bond motifs is 1. The molecule has 1 aromatic rings. The number of benzene rings is 1. The van der Waals surface area contributed by atoms with E-state index >= 15 is 0 Å². The van der Waals surface area contributed by atoms with Gasteiger partial charge >= 0.3 is 0 Å². The summed E-state index contributed by atoms with van der Waals surface area (Å²) in [6.07, 6.45) is 2.36. The normalized spacial score (nSPS) is 14.7. The van der Waals surface area contributed by atoms with Crippen molar-refractivity contribution in [3.8, 4) is 17.2 Å². The first-order chi connectivity index (χ1) is 8.33. The molecule has 0 aromatic heterocycles. The van der Waals surface area contributed by atoms with Gasteiger partial charge in [-0.2, -0.15) is 0 Å². The minimum atomic E-state index is 0.304. The van der Waals surface area contributed by atoms with E-state index in [1.165, 1.54) is 12.8 Å². The number of halogens is 1.